The molecule has 1 aliphatic heterocycles. The first kappa shape index (κ1) is 23.2. The molecule has 6 N–H and O–H groups in total. The van der Waals surface area contributed by atoms with E-state index in [0.717, 1.165) is 0 Å². The first-order valence-corrected chi connectivity index (χ1v) is 9.70. The van der Waals surface area contributed by atoms with Crippen molar-refractivity contribution >= 4 is 11.0 Å². The second-order valence-corrected chi connectivity index (χ2v) is 7.58. The number of benzene rings is 1. The summed E-state index contributed by atoms with van der Waals surface area (Å²) in [5.41, 5.74) is 0.419. The number of rotatable bonds is 6. The van der Waals surface area contributed by atoms with Gasteiger partial charge in [-0.05, 0) is 20.3 Å². The zero-order valence-electron chi connectivity index (χ0n) is 17.1. The van der Waals surface area contributed by atoms with Gasteiger partial charge in [0.05, 0.1) is 13.2 Å². The van der Waals surface area contributed by atoms with Gasteiger partial charge in [0.2, 0.25) is 0 Å². The number of aryl methyl sites for hydroxylation is 1. The molecule has 1 aromatic heterocycles. The molecule has 1 fully saturated rings. The van der Waals surface area contributed by atoms with Crippen molar-refractivity contribution in [1.82, 2.24) is 0 Å². The number of hydrogen-bond acceptors (Lipinski definition) is 10. The van der Waals surface area contributed by atoms with Crippen LogP contribution in [0.1, 0.15) is 18.2 Å². The largest absolute Gasteiger partial charge is 0.507 e. The number of fused-ring (bicyclic) bond motifs is 1. The lowest BCUT2D eigenvalue weighted by Gasteiger charge is -2.39. The summed E-state index contributed by atoms with van der Waals surface area (Å²) in [4.78, 5) is 12.2. The minimum atomic E-state index is -1.54. The predicted octanol–water partition coefficient (Wildman–Crippen LogP) is -0.182. The molecule has 0 bridgehead atoms. The Morgan fingerprint density at radius 2 is 1.87 bits per heavy atom. The number of aliphatic hydroxyl groups excluding tert-OH is 4. The molecule has 0 unspecified atom stereocenters. The van der Waals surface area contributed by atoms with E-state index >= 15 is 0 Å². The Kier molecular flexibility index (Phi) is 6.99. The molecule has 1 aliphatic rings. The molecule has 1 aromatic carbocycles. The second-order valence-electron chi connectivity index (χ2n) is 7.58. The topological polar surface area (TPSA) is 170 Å². The van der Waals surface area contributed by atoms with E-state index in [0.29, 0.717) is 11.3 Å². The molecule has 10 nitrogen and oxygen atoms in total. The average Bonchev–Trinajstić information content (AvgIpc) is 2.70. The van der Waals surface area contributed by atoms with Gasteiger partial charge in [0, 0.05) is 17.7 Å². The Hall–Kier alpha value is -2.47. The minimum absolute atomic E-state index is 0.0259. The van der Waals surface area contributed by atoms with Gasteiger partial charge in [-0.25, -0.2) is 0 Å². The summed E-state index contributed by atoms with van der Waals surface area (Å²) in [7, 11) is 0. The molecule has 1 saturated heterocycles. The second kappa shape index (κ2) is 9.35. The fraction of sp³-hybridized carbons (Fsp3) is 0.476. The first-order chi connectivity index (χ1) is 14.6. The molecule has 0 radical (unpaired) electrons. The molecule has 2 aromatic rings. The SMILES string of the molecule is C/C(=C\Cc1c(O)cc2oc(C)cc(=O)c2c1O)CO[C@@H]1O[C@H](CO)[C@@H](O)[C@H](O)[C@H]1O. The van der Waals surface area contributed by atoms with Crippen molar-refractivity contribution in [1.29, 1.82) is 0 Å². The van der Waals surface area contributed by atoms with Crippen LogP contribution in [0.2, 0.25) is 0 Å². The van der Waals surface area contributed by atoms with Crippen LogP contribution in [0.4, 0.5) is 0 Å². The standard InChI is InChI=1S/C21H26O10/c1-9(8-29-21-20(28)19(27)18(26)15(7-22)31-21)3-4-11-12(23)6-14-16(17(11)25)13(24)5-10(2)30-14/h3,5-6,15,18-23,25-28H,4,7-8H2,1-2H3/b9-3+/t15-,18-,19+,20-,21-/m1/s1. The van der Waals surface area contributed by atoms with Crippen LogP contribution in [0.5, 0.6) is 11.5 Å². The van der Waals surface area contributed by atoms with Crippen LogP contribution in [0.25, 0.3) is 11.0 Å². The van der Waals surface area contributed by atoms with Crippen LogP contribution in [0.3, 0.4) is 0 Å². The lowest BCUT2D eigenvalue weighted by Crippen LogP contribution is -2.59. The van der Waals surface area contributed by atoms with Crippen LogP contribution >= 0.6 is 0 Å². The quantitative estimate of drug-likeness (QED) is 0.333. The normalized spacial score (nSPS) is 27.0. The third kappa shape index (κ3) is 4.74. The smallest absolute Gasteiger partial charge is 0.196 e. The van der Waals surface area contributed by atoms with Crippen molar-refractivity contribution in [2.24, 2.45) is 0 Å². The van der Waals surface area contributed by atoms with Gasteiger partial charge in [-0.1, -0.05) is 11.6 Å². The number of ether oxygens (including phenoxy) is 2. The van der Waals surface area contributed by atoms with Crippen molar-refractivity contribution in [3.63, 3.8) is 0 Å². The van der Waals surface area contributed by atoms with E-state index in [1.54, 1.807) is 19.9 Å². The Labute approximate surface area is 177 Å². The highest BCUT2D eigenvalue weighted by Crippen LogP contribution is 2.35. The fourth-order valence-corrected chi connectivity index (χ4v) is 3.41. The third-order valence-corrected chi connectivity index (χ3v) is 5.18. The van der Waals surface area contributed by atoms with Crippen molar-refractivity contribution in [2.75, 3.05) is 13.2 Å². The lowest BCUT2D eigenvalue weighted by molar-refractivity contribution is -0.299. The van der Waals surface area contributed by atoms with Gasteiger partial charge in [0.15, 0.2) is 11.7 Å². The van der Waals surface area contributed by atoms with E-state index in [-0.39, 0.29) is 41.1 Å². The minimum Gasteiger partial charge on any atom is -0.507 e. The van der Waals surface area contributed by atoms with E-state index in [4.69, 9.17) is 13.9 Å². The number of allylic oxidation sites excluding steroid dienone is 1. The van der Waals surface area contributed by atoms with Crippen LogP contribution in [0, 0.1) is 6.92 Å². The van der Waals surface area contributed by atoms with Crippen molar-refractivity contribution in [3.8, 4) is 11.5 Å². The van der Waals surface area contributed by atoms with Gasteiger partial charge < -0.3 is 44.5 Å². The summed E-state index contributed by atoms with van der Waals surface area (Å²) in [6.45, 7) is 2.67. The van der Waals surface area contributed by atoms with E-state index in [1.165, 1.54) is 12.1 Å². The molecule has 170 valence electrons. The highest BCUT2D eigenvalue weighted by atomic mass is 16.7. The van der Waals surface area contributed by atoms with Crippen molar-refractivity contribution in [3.05, 3.63) is 45.3 Å². The molecular formula is C21H26O10. The molecule has 0 amide bonds. The van der Waals surface area contributed by atoms with Gasteiger partial charge in [-0.3, -0.25) is 4.79 Å². The van der Waals surface area contributed by atoms with Gasteiger partial charge in [0.1, 0.15) is 52.6 Å². The zero-order valence-corrected chi connectivity index (χ0v) is 17.1. The number of aliphatic hydroxyl groups is 4. The maximum atomic E-state index is 12.2. The van der Waals surface area contributed by atoms with Crippen molar-refractivity contribution < 1.29 is 44.5 Å². The molecule has 10 heteroatoms. The van der Waals surface area contributed by atoms with Gasteiger partial charge >= 0.3 is 0 Å². The van der Waals surface area contributed by atoms with E-state index in [1.807, 2.05) is 0 Å². The van der Waals surface area contributed by atoms with Crippen LogP contribution in [-0.2, 0) is 15.9 Å². The highest BCUT2D eigenvalue weighted by molar-refractivity contribution is 5.86. The monoisotopic (exact) mass is 438 g/mol. The lowest BCUT2D eigenvalue weighted by atomic mass is 9.99. The summed E-state index contributed by atoms with van der Waals surface area (Å²) in [6.07, 6.45) is -5.16. The maximum Gasteiger partial charge on any atom is 0.196 e. The predicted molar refractivity (Wildman–Crippen MR) is 108 cm³/mol. The summed E-state index contributed by atoms with van der Waals surface area (Å²) in [5, 5.41) is 59.5. The van der Waals surface area contributed by atoms with Gasteiger partial charge in [0.25, 0.3) is 0 Å². The number of phenolic OH excluding ortho intramolecular Hbond substituents is 2. The number of phenols is 2. The molecular weight excluding hydrogens is 412 g/mol. The maximum absolute atomic E-state index is 12.2. The molecule has 0 aliphatic carbocycles. The van der Waals surface area contributed by atoms with Crippen LogP contribution in [0.15, 0.2) is 33.0 Å². The number of aromatic hydroxyl groups is 2. The number of hydrogen-bond donors (Lipinski definition) is 6. The first-order valence-electron chi connectivity index (χ1n) is 9.70. The molecule has 2 heterocycles. The molecule has 3 rings (SSSR count). The molecule has 0 saturated carbocycles. The molecule has 5 atom stereocenters. The van der Waals surface area contributed by atoms with Crippen LogP contribution < -0.4 is 5.43 Å². The summed E-state index contributed by atoms with van der Waals surface area (Å²) in [5.74, 6) is -0.259. The fourth-order valence-electron chi connectivity index (χ4n) is 3.41. The van der Waals surface area contributed by atoms with Crippen LogP contribution in [-0.4, -0.2) is 74.6 Å². The third-order valence-electron chi connectivity index (χ3n) is 5.18. The van der Waals surface area contributed by atoms with Crippen molar-refractivity contribution in [2.45, 2.75) is 51.0 Å². The Morgan fingerprint density at radius 1 is 1.16 bits per heavy atom. The summed E-state index contributed by atoms with van der Waals surface area (Å²) >= 11 is 0. The molecule has 0 spiro atoms. The zero-order chi connectivity index (χ0) is 22.9. The highest BCUT2D eigenvalue weighted by Gasteiger charge is 2.43. The summed E-state index contributed by atoms with van der Waals surface area (Å²) < 4.78 is 16.1. The Bertz CT molecular complexity index is 1020. The Morgan fingerprint density at radius 3 is 2.55 bits per heavy atom. The van der Waals surface area contributed by atoms with Gasteiger partial charge in [-0.15, -0.1) is 0 Å². The average molecular weight is 438 g/mol. The van der Waals surface area contributed by atoms with E-state index < -0.39 is 42.7 Å². The van der Waals surface area contributed by atoms with E-state index in [9.17, 15) is 35.4 Å². The van der Waals surface area contributed by atoms with E-state index in [2.05, 4.69) is 0 Å². The summed E-state index contributed by atoms with van der Waals surface area (Å²) in [6, 6.07) is 2.52. The van der Waals surface area contributed by atoms with Gasteiger partial charge in [-0.2, -0.15) is 0 Å². The molecule has 31 heavy (non-hydrogen) atoms. The Balaban J connectivity index is 1.72.